The highest BCUT2D eigenvalue weighted by molar-refractivity contribution is 7.11. The molecule has 0 aliphatic carbocycles. The van der Waals surface area contributed by atoms with E-state index in [-0.39, 0.29) is 11.3 Å². The lowest BCUT2D eigenvalue weighted by molar-refractivity contribution is -0.137. The number of hydrogen-bond acceptors (Lipinski definition) is 4. The Kier molecular flexibility index (Phi) is 3.61. The molecule has 1 aromatic rings. The maximum atomic E-state index is 12.2. The number of aliphatic hydroxyl groups is 2. The zero-order valence-corrected chi connectivity index (χ0v) is 9.56. The third-order valence-electron chi connectivity index (χ3n) is 2.34. The molecule has 2 atom stereocenters. The summed E-state index contributed by atoms with van der Waals surface area (Å²) in [6.45, 7) is 3.00. The van der Waals surface area contributed by atoms with Crippen molar-refractivity contribution in [2.45, 2.75) is 38.1 Å². The molecule has 0 aromatic carbocycles. The van der Waals surface area contributed by atoms with Crippen molar-refractivity contribution in [3.63, 3.8) is 0 Å². The predicted octanol–water partition coefficient (Wildman–Crippen LogP) is 2.36. The summed E-state index contributed by atoms with van der Waals surface area (Å²) < 4.78 is 36.7. The number of nitrogens with zero attached hydrogens (tertiary/aromatic N) is 1. The Hall–Kier alpha value is -0.660. The average molecular weight is 255 g/mol. The number of aliphatic hydroxyl groups excluding tert-OH is 1. The van der Waals surface area contributed by atoms with E-state index in [0.717, 1.165) is 6.20 Å². The van der Waals surface area contributed by atoms with E-state index in [0.29, 0.717) is 11.3 Å². The van der Waals surface area contributed by atoms with Crippen molar-refractivity contribution in [1.82, 2.24) is 4.98 Å². The van der Waals surface area contributed by atoms with Gasteiger partial charge in [0, 0.05) is 6.20 Å². The largest absolute Gasteiger partial charge is 0.443 e. The zero-order valence-electron chi connectivity index (χ0n) is 8.75. The first-order chi connectivity index (χ1) is 7.18. The van der Waals surface area contributed by atoms with Crippen LogP contribution in [0.15, 0.2) is 6.20 Å². The van der Waals surface area contributed by atoms with Gasteiger partial charge in [-0.15, -0.1) is 11.3 Å². The molecule has 0 amide bonds. The summed E-state index contributed by atoms with van der Waals surface area (Å²) in [7, 11) is 0. The fourth-order valence-electron chi connectivity index (χ4n) is 1.04. The normalized spacial score (nSPS) is 18.2. The highest BCUT2D eigenvalue weighted by Gasteiger charge is 2.37. The van der Waals surface area contributed by atoms with Gasteiger partial charge in [-0.2, -0.15) is 13.2 Å². The van der Waals surface area contributed by atoms with Gasteiger partial charge in [0.25, 0.3) is 0 Å². The lowest BCUT2D eigenvalue weighted by atomic mass is 9.95. The molecule has 0 aliphatic rings. The predicted molar refractivity (Wildman–Crippen MR) is 53.0 cm³/mol. The van der Waals surface area contributed by atoms with Crippen LogP contribution < -0.4 is 0 Å². The third-order valence-corrected chi connectivity index (χ3v) is 3.44. The molecule has 0 radical (unpaired) electrons. The summed E-state index contributed by atoms with van der Waals surface area (Å²) in [5.41, 5.74) is -1.45. The molecule has 1 aromatic heterocycles. The van der Waals surface area contributed by atoms with Crippen molar-refractivity contribution in [1.29, 1.82) is 0 Å². The molecule has 92 valence electrons. The molecular weight excluding hydrogens is 243 g/mol. The second-order valence-corrected chi connectivity index (χ2v) is 4.74. The van der Waals surface area contributed by atoms with E-state index >= 15 is 0 Å². The van der Waals surface area contributed by atoms with Crippen LogP contribution in [0.5, 0.6) is 0 Å². The Morgan fingerprint density at radius 2 is 2.06 bits per heavy atom. The Morgan fingerprint density at radius 3 is 2.44 bits per heavy atom. The summed E-state index contributed by atoms with van der Waals surface area (Å²) >= 11 is 0.344. The highest BCUT2D eigenvalue weighted by atomic mass is 32.1. The minimum absolute atomic E-state index is 0.0131. The fraction of sp³-hybridized carbons (Fsp3) is 0.667. The fourth-order valence-corrected chi connectivity index (χ4v) is 1.96. The molecule has 0 spiro atoms. The lowest BCUT2D eigenvalue weighted by Crippen LogP contribution is -2.31. The van der Waals surface area contributed by atoms with Gasteiger partial charge in [-0.3, -0.25) is 0 Å². The molecule has 1 rings (SSSR count). The summed E-state index contributed by atoms with van der Waals surface area (Å²) in [6.07, 6.45) is -4.69. The van der Waals surface area contributed by atoms with E-state index in [1.54, 1.807) is 6.92 Å². The Balaban J connectivity index is 2.95. The number of rotatable bonds is 3. The first-order valence-corrected chi connectivity index (χ1v) is 5.43. The summed E-state index contributed by atoms with van der Waals surface area (Å²) in [5, 5.41) is 18.4. The minimum atomic E-state index is -4.51. The van der Waals surface area contributed by atoms with Crippen LogP contribution in [0.4, 0.5) is 13.2 Å². The van der Waals surface area contributed by atoms with Crippen LogP contribution in [0.2, 0.25) is 0 Å². The van der Waals surface area contributed by atoms with Crippen molar-refractivity contribution >= 4 is 11.3 Å². The van der Waals surface area contributed by atoms with Crippen molar-refractivity contribution in [2.24, 2.45) is 0 Å². The molecule has 0 saturated carbocycles. The van der Waals surface area contributed by atoms with Gasteiger partial charge < -0.3 is 10.2 Å². The second-order valence-electron chi connectivity index (χ2n) is 3.68. The molecule has 7 heteroatoms. The molecule has 0 fully saturated rings. The number of hydrogen-bond donors (Lipinski definition) is 2. The standard InChI is InChI=1S/C9H12F3NO2S/c1-3-8(2,15)6(14)5-4-13-7(16-5)9(10,11)12/h4,6,14-15H,3H2,1-2H3. The van der Waals surface area contributed by atoms with Gasteiger partial charge >= 0.3 is 6.18 Å². The van der Waals surface area contributed by atoms with Crippen LogP contribution in [0.25, 0.3) is 0 Å². The number of thiazole rings is 1. The first kappa shape index (κ1) is 13.4. The maximum absolute atomic E-state index is 12.2. The number of halogens is 3. The Labute approximate surface area is 94.6 Å². The van der Waals surface area contributed by atoms with Gasteiger partial charge in [-0.1, -0.05) is 6.92 Å². The van der Waals surface area contributed by atoms with Crippen molar-refractivity contribution < 1.29 is 23.4 Å². The van der Waals surface area contributed by atoms with Crippen molar-refractivity contribution in [3.05, 3.63) is 16.1 Å². The van der Waals surface area contributed by atoms with Gasteiger partial charge in [0.05, 0.1) is 10.5 Å². The smallest absolute Gasteiger partial charge is 0.387 e. The van der Waals surface area contributed by atoms with E-state index in [9.17, 15) is 23.4 Å². The van der Waals surface area contributed by atoms with Crippen molar-refractivity contribution in [2.75, 3.05) is 0 Å². The average Bonchev–Trinajstić information content (AvgIpc) is 2.64. The zero-order chi connectivity index (χ0) is 12.6. The molecule has 2 unspecified atom stereocenters. The molecular formula is C9H12F3NO2S. The maximum Gasteiger partial charge on any atom is 0.443 e. The van der Waals surface area contributed by atoms with Crippen LogP contribution in [0.1, 0.15) is 36.3 Å². The van der Waals surface area contributed by atoms with Crippen LogP contribution >= 0.6 is 11.3 Å². The van der Waals surface area contributed by atoms with Gasteiger partial charge in [0.15, 0.2) is 5.01 Å². The van der Waals surface area contributed by atoms with E-state index in [4.69, 9.17) is 0 Å². The van der Waals surface area contributed by atoms with E-state index in [1.165, 1.54) is 6.92 Å². The molecule has 3 nitrogen and oxygen atoms in total. The molecule has 0 aliphatic heterocycles. The molecule has 1 heterocycles. The second kappa shape index (κ2) is 4.31. The Bertz CT molecular complexity index is 362. The van der Waals surface area contributed by atoms with Crippen LogP contribution in [-0.4, -0.2) is 20.8 Å². The summed E-state index contributed by atoms with van der Waals surface area (Å²) in [4.78, 5) is 3.19. The van der Waals surface area contributed by atoms with Gasteiger partial charge in [-0.25, -0.2) is 4.98 Å². The lowest BCUT2D eigenvalue weighted by Gasteiger charge is -2.26. The molecule has 0 bridgehead atoms. The van der Waals surface area contributed by atoms with Crippen LogP contribution in [0.3, 0.4) is 0 Å². The summed E-state index contributed by atoms with van der Waals surface area (Å²) in [6, 6.07) is 0. The third kappa shape index (κ3) is 2.72. The van der Waals surface area contributed by atoms with Gasteiger partial charge in [0.2, 0.25) is 0 Å². The SMILES string of the molecule is CCC(C)(O)C(O)c1cnc(C(F)(F)F)s1. The van der Waals surface area contributed by atoms with Gasteiger partial charge in [0.1, 0.15) is 6.10 Å². The quantitative estimate of drug-likeness (QED) is 0.871. The Morgan fingerprint density at radius 1 is 1.50 bits per heavy atom. The first-order valence-electron chi connectivity index (χ1n) is 4.62. The molecule has 2 N–H and O–H groups in total. The minimum Gasteiger partial charge on any atom is -0.387 e. The number of aromatic nitrogens is 1. The molecule has 0 saturated heterocycles. The van der Waals surface area contributed by atoms with Gasteiger partial charge in [-0.05, 0) is 13.3 Å². The number of alkyl halides is 3. The van der Waals surface area contributed by atoms with E-state index in [2.05, 4.69) is 4.98 Å². The topological polar surface area (TPSA) is 53.4 Å². The monoisotopic (exact) mass is 255 g/mol. The van der Waals surface area contributed by atoms with Crippen LogP contribution in [0, 0.1) is 0 Å². The van der Waals surface area contributed by atoms with E-state index < -0.39 is 22.9 Å². The van der Waals surface area contributed by atoms with Crippen LogP contribution in [-0.2, 0) is 6.18 Å². The summed E-state index contributed by atoms with van der Waals surface area (Å²) in [5.74, 6) is 0. The van der Waals surface area contributed by atoms with E-state index in [1.807, 2.05) is 0 Å². The molecule has 16 heavy (non-hydrogen) atoms. The highest BCUT2D eigenvalue weighted by Crippen LogP contribution is 2.37. The van der Waals surface area contributed by atoms with Crippen molar-refractivity contribution in [3.8, 4) is 0 Å².